The van der Waals surface area contributed by atoms with Gasteiger partial charge in [0.25, 0.3) is 10.0 Å². The summed E-state index contributed by atoms with van der Waals surface area (Å²) in [5.74, 6) is 0.340. The van der Waals surface area contributed by atoms with Gasteiger partial charge in [0.2, 0.25) is 11.8 Å². The number of amides is 2. The maximum Gasteiger partial charge on any atom is 0.264 e. The molecule has 4 rings (SSSR count). The van der Waals surface area contributed by atoms with Crippen molar-refractivity contribution < 1.29 is 32.2 Å². The van der Waals surface area contributed by atoms with Gasteiger partial charge >= 0.3 is 0 Å². The minimum atomic E-state index is -4.27. The van der Waals surface area contributed by atoms with Crippen LogP contribution >= 0.6 is 0 Å². The van der Waals surface area contributed by atoms with Crippen molar-refractivity contribution >= 4 is 27.5 Å². The third-order valence-corrected chi connectivity index (χ3v) is 9.44. The number of carbonyl (C=O) groups is 2. The lowest BCUT2D eigenvalue weighted by Crippen LogP contribution is -2.53. The Labute approximate surface area is 276 Å². The first-order valence-electron chi connectivity index (χ1n) is 15.2. The number of methoxy groups -OCH3 is 3. The summed E-state index contributed by atoms with van der Waals surface area (Å²) >= 11 is 0. The van der Waals surface area contributed by atoms with E-state index < -0.39 is 28.5 Å². The van der Waals surface area contributed by atoms with Gasteiger partial charge in [-0.05, 0) is 61.4 Å². The van der Waals surface area contributed by atoms with Gasteiger partial charge in [-0.15, -0.1) is 0 Å². The molecule has 248 valence electrons. The van der Waals surface area contributed by atoms with E-state index in [-0.39, 0.29) is 29.5 Å². The largest absolute Gasteiger partial charge is 0.497 e. The number of ether oxygens (including phenoxy) is 3. The van der Waals surface area contributed by atoms with Crippen molar-refractivity contribution in [3.05, 3.63) is 114 Å². The summed E-state index contributed by atoms with van der Waals surface area (Å²) in [6.45, 7) is 3.44. The van der Waals surface area contributed by atoms with Crippen LogP contribution in [-0.4, -0.2) is 65.6 Å². The number of hydrogen-bond acceptors (Lipinski definition) is 7. The molecule has 4 aromatic rings. The number of anilines is 1. The normalized spacial score (nSPS) is 11.7. The number of nitrogens with one attached hydrogen (secondary N) is 1. The number of likely N-dealkylation sites (N-methyl/N-ethyl adjacent to an activating group) is 1. The Morgan fingerprint density at radius 1 is 0.787 bits per heavy atom. The fourth-order valence-corrected chi connectivity index (χ4v) is 6.57. The van der Waals surface area contributed by atoms with E-state index in [2.05, 4.69) is 5.32 Å². The van der Waals surface area contributed by atoms with Gasteiger partial charge in [0.15, 0.2) is 11.5 Å². The van der Waals surface area contributed by atoms with Gasteiger partial charge in [-0.2, -0.15) is 0 Å². The van der Waals surface area contributed by atoms with Crippen molar-refractivity contribution in [2.24, 2.45) is 0 Å². The Bertz CT molecular complexity index is 1760. The van der Waals surface area contributed by atoms with Gasteiger partial charge in [-0.3, -0.25) is 13.9 Å². The number of rotatable bonds is 15. The lowest BCUT2D eigenvalue weighted by molar-refractivity contribution is -0.140. The smallest absolute Gasteiger partial charge is 0.264 e. The Morgan fingerprint density at radius 2 is 1.47 bits per heavy atom. The second-order valence-corrected chi connectivity index (χ2v) is 12.7. The fraction of sp³-hybridized carbons (Fsp3) is 0.278. The summed E-state index contributed by atoms with van der Waals surface area (Å²) in [6, 6.07) is 26.7. The maximum absolute atomic E-state index is 14.6. The molecular formula is C36H41N3O7S. The zero-order chi connectivity index (χ0) is 34.0. The molecule has 0 saturated heterocycles. The second kappa shape index (κ2) is 16.0. The predicted octanol–water partition coefficient (Wildman–Crippen LogP) is 4.99. The van der Waals surface area contributed by atoms with Crippen molar-refractivity contribution in [2.45, 2.75) is 37.8 Å². The lowest BCUT2D eigenvalue weighted by atomic mass is 10.0. The summed E-state index contributed by atoms with van der Waals surface area (Å²) in [7, 11) is 0.199. The maximum atomic E-state index is 14.6. The summed E-state index contributed by atoms with van der Waals surface area (Å²) in [5, 5.41) is 2.86. The molecule has 10 nitrogen and oxygen atoms in total. The first kappa shape index (κ1) is 34.8. The molecule has 1 atom stereocenters. The van der Waals surface area contributed by atoms with Gasteiger partial charge in [-0.25, -0.2) is 8.42 Å². The van der Waals surface area contributed by atoms with Crippen molar-refractivity contribution in [1.29, 1.82) is 0 Å². The van der Waals surface area contributed by atoms with E-state index in [1.165, 1.54) is 37.3 Å². The summed E-state index contributed by atoms with van der Waals surface area (Å²) in [5.41, 5.74) is 2.62. The highest BCUT2D eigenvalue weighted by molar-refractivity contribution is 7.92. The Kier molecular flexibility index (Phi) is 11.9. The Balaban J connectivity index is 1.84. The molecule has 1 unspecified atom stereocenters. The van der Waals surface area contributed by atoms with Crippen LogP contribution in [0.15, 0.2) is 102 Å². The molecule has 11 heteroatoms. The van der Waals surface area contributed by atoms with Crippen LogP contribution in [0.3, 0.4) is 0 Å². The van der Waals surface area contributed by atoms with Gasteiger partial charge in [0.05, 0.1) is 31.9 Å². The van der Waals surface area contributed by atoms with Crippen LogP contribution in [-0.2, 0) is 32.6 Å². The molecule has 0 aliphatic heterocycles. The lowest BCUT2D eigenvalue weighted by Gasteiger charge is -2.34. The van der Waals surface area contributed by atoms with Crippen LogP contribution in [0.25, 0.3) is 0 Å². The van der Waals surface area contributed by atoms with E-state index in [0.29, 0.717) is 29.4 Å². The number of nitrogens with zero attached hydrogens (tertiary/aromatic N) is 2. The molecule has 0 aliphatic carbocycles. The average Bonchev–Trinajstić information content (AvgIpc) is 3.09. The van der Waals surface area contributed by atoms with Crippen molar-refractivity contribution in [1.82, 2.24) is 10.2 Å². The molecule has 2 amide bonds. The van der Waals surface area contributed by atoms with Crippen molar-refractivity contribution in [3.63, 3.8) is 0 Å². The van der Waals surface area contributed by atoms with E-state index in [0.717, 1.165) is 15.4 Å². The van der Waals surface area contributed by atoms with E-state index >= 15 is 0 Å². The highest BCUT2D eigenvalue weighted by atomic mass is 32.2. The molecule has 0 heterocycles. The molecule has 0 fully saturated rings. The summed E-state index contributed by atoms with van der Waals surface area (Å²) in [4.78, 5) is 29.7. The second-order valence-electron chi connectivity index (χ2n) is 10.8. The summed E-state index contributed by atoms with van der Waals surface area (Å²) in [6.07, 6.45) is 0.212. The first-order chi connectivity index (χ1) is 22.6. The van der Waals surface area contributed by atoms with Crippen LogP contribution in [0.2, 0.25) is 0 Å². The molecule has 0 radical (unpaired) electrons. The molecule has 47 heavy (non-hydrogen) atoms. The Morgan fingerprint density at radius 3 is 2.11 bits per heavy atom. The molecule has 1 N–H and O–H groups in total. The molecular weight excluding hydrogens is 618 g/mol. The highest BCUT2D eigenvalue weighted by Crippen LogP contribution is 2.34. The van der Waals surface area contributed by atoms with Crippen LogP contribution in [0.4, 0.5) is 5.69 Å². The highest BCUT2D eigenvalue weighted by Gasteiger charge is 2.35. The zero-order valence-electron chi connectivity index (χ0n) is 27.3. The monoisotopic (exact) mass is 659 g/mol. The van der Waals surface area contributed by atoms with Gasteiger partial charge < -0.3 is 24.4 Å². The van der Waals surface area contributed by atoms with E-state index in [1.807, 2.05) is 43.3 Å². The third-order valence-electron chi connectivity index (χ3n) is 7.65. The van der Waals surface area contributed by atoms with Crippen molar-refractivity contribution in [3.8, 4) is 17.2 Å². The van der Waals surface area contributed by atoms with Crippen LogP contribution in [0, 0.1) is 6.92 Å². The number of sulfonamides is 1. The minimum Gasteiger partial charge on any atom is -0.497 e. The topological polar surface area (TPSA) is 114 Å². The predicted molar refractivity (Wildman–Crippen MR) is 181 cm³/mol. The number of benzene rings is 4. The van der Waals surface area contributed by atoms with Gasteiger partial charge in [0, 0.05) is 25.6 Å². The molecule has 0 saturated carbocycles. The number of aryl methyl sites for hydroxylation is 1. The Hall–Kier alpha value is -5.03. The van der Waals surface area contributed by atoms with Crippen LogP contribution in [0.1, 0.15) is 23.6 Å². The molecule has 0 aromatic heterocycles. The third kappa shape index (κ3) is 8.62. The molecule has 0 aliphatic rings. The number of carbonyl (C=O) groups excluding carboxylic acids is 2. The standard InChI is InChI=1S/C36H41N3O7S/c1-6-37-36(41)32(22-27-11-8-7-9-12-27)38(24-28-13-10-14-30(21-28)44-3)35(40)25-39(29-17-20-33(45-4)34(23-29)46-5)47(42,43)31-18-15-26(2)16-19-31/h7-21,23,32H,6,22,24-25H2,1-5H3,(H,37,41). The quantitative estimate of drug-likeness (QED) is 0.191. The number of hydrogen-bond donors (Lipinski definition) is 1. The fourth-order valence-electron chi connectivity index (χ4n) is 5.16. The average molecular weight is 660 g/mol. The van der Waals surface area contributed by atoms with Crippen molar-refractivity contribution in [2.75, 3.05) is 38.7 Å². The van der Waals surface area contributed by atoms with Gasteiger partial charge in [-0.1, -0.05) is 60.2 Å². The van der Waals surface area contributed by atoms with Crippen LogP contribution in [0.5, 0.6) is 17.2 Å². The SMILES string of the molecule is CCNC(=O)C(Cc1ccccc1)N(Cc1cccc(OC)c1)C(=O)CN(c1ccc(OC)c(OC)c1)S(=O)(=O)c1ccc(C)cc1. The molecule has 0 bridgehead atoms. The summed E-state index contributed by atoms with van der Waals surface area (Å²) < 4.78 is 45.9. The molecule has 4 aromatic carbocycles. The minimum absolute atomic E-state index is 0.00888. The zero-order valence-corrected chi connectivity index (χ0v) is 28.1. The van der Waals surface area contributed by atoms with E-state index in [1.54, 1.807) is 56.5 Å². The van der Waals surface area contributed by atoms with Crippen LogP contribution < -0.4 is 23.8 Å². The molecule has 0 spiro atoms. The van der Waals surface area contributed by atoms with Gasteiger partial charge in [0.1, 0.15) is 18.3 Å². The first-order valence-corrected chi connectivity index (χ1v) is 16.6. The van der Waals surface area contributed by atoms with E-state index in [4.69, 9.17) is 14.2 Å². The van der Waals surface area contributed by atoms with E-state index in [9.17, 15) is 18.0 Å².